The average Bonchev–Trinajstić information content (AvgIpc) is 2.39. The molecular weight excluding hydrogens is 167 g/mol. The van der Waals surface area contributed by atoms with Crippen molar-refractivity contribution in [1.82, 2.24) is 0 Å². The quantitative estimate of drug-likeness (QED) is 0.326. The molecule has 0 radical (unpaired) electrons. The average molecular weight is 171 g/mol. The molecule has 6 heteroatoms. The van der Waals surface area contributed by atoms with Crippen LogP contribution in [0.25, 0.3) is 0 Å². The molecule has 0 aromatic rings. The molecular formula is C4H4KO5+. The van der Waals surface area contributed by atoms with Crippen molar-refractivity contribution in [1.29, 1.82) is 0 Å². The predicted octanol–water partition coefficient (Wildman–Crippen LogP) is -4.07. The van der Waals surface area contributed by atoms with Crippen molar-refractivity contribution in [2.45, 2.75) is 12.2 Å². The van der Waals surface area contributed by atoms with Gasteiger partial charge in [-0.3, -0.25) is 0 Å². The van der Waals surface area contributed by atoms with Crippen molar-refractivity contribution in [3.8, 4) is 0 Å². The molecule has 1 rings (SSSR count). The molecule has 1 fully saturated rings. The first-order valence-corrected chi connectivity index (χ1v) is 2.24. The topological polar surface area (TPSA) is 87.1 Å². The van der Waals surface area contributed by atoms with E-state index in [0.29, 0.717) is 0 Å². The number of hydrogen-bond donors (Lipinski definition) is 2. The van der Waals surface area contributed by atoms with Gasteiger partial charge in [0.05, 0.1) is 0 Å². The fourth-order valence-corrected chi connectivity index (χ4v) is 0.488. The molecule has 1 heterocycles. The van der Waals surface area contributed by atoms with Gasteiger partial charge in [-0.2, -0.15) is 0 Å². The molecule has 0 aliphatic carbocycles. The van der Waals surface area contributed by atoms with Crippen LogP contribution >= 0.6 is 0 Å². The molecule has 10 heavy (non-hydrogen) atoms. The Bertz CT molecular complexity index is 149. The Kier molecular flexibility index (Phi) is 4.00. The van der Waals surface area contributed by atoms with Gasteiger partial charge in [0.2, 0.25) is 0 Å². The number of carboxylic acids is 2. The Morgan fingerprint density at radius 1 is 1.10 bits per heavy atom. The van der Waals surface area contributed by atoms with Gasteiger partial charge in [-0.1, -0.05) is 0 Å². The van der Waals surface area contributed by atoms with Gasteiger partial charge in [-0.25, -0.2) is 9.59 Å². The summed E-state index contributed by atoms with van der Waals surface area (Å²) in [6.07, 6.45) is -2.25. The smallest absolute Gasteiger partial charge is 0.479 e. The van der Waals surface area contributed by atoms with E-state index in [1.54, 1.807) is 0 Å². The van der Waals surface area contributed by atoms with Gasteiger partial charge in [0, 0.05) is 0 Å². The van der Waals surface area contributed by atoms with Gasteiger partial charge in [-0.15, -0.1) is 0 Å². The van der Waals surface area contributed by atoms with Gasteiger partial charge >= 0.3 is 63.3 Å². The van der Waals surface area contributed by atoms with E-state index in [1.165, 1.54) is 0 Å². The molecule has 0 bridgehead atoms. The maximum absolute atomic E-state index is 9.89. The molecule has 0 amide bonds. The molecule has 1 aliphatic rings. The molecule has 2 N–H and O–H groups in total. The van der Waals surface area contributed by atoms with E-state index in [0.717, 1.165) is 0 Å². The van der Waals surface area contributed by atoms with Gasteiger partial charge in [0.25, 0.3) is 0 Å². The maximum Gasteiger partial charge on any atom is 1.00 e. The fraction of sp³-hybridized carbons (Fsp3) is 0.500. The van der Waals surface area contributed by atoms with Crippen molar-refractivity contribution in [2.24, 2.45) is 0 Å². The molecule has 0 saturated carbocycles. The number of epoxide rings is 1. The zero-order valence-electron chi connectivity index (χ0n) is 5.27. The molecule has 1 aliphatic heterocycles. The van der Waals surface area contributed by atoms with Gasteiger partial charge < -0.3 is 14.9 Å². The summed E-state index contributed by atoms with van der Waals surface area (Å²) < 4.78 is 4.24. The summed E-state index contributed by atoms with van der Waals surface area (Å²) >= 11 is 0. The van der Waals surface area contributed by atoms with Crippen LogP contribution in [0.15, 0.2) is 0 Å². The van der Waals surface area contributed by atoms with Crippen molar-refractivity contribution < 1.29 is 75.9 Å². The van der Waals surface area contributed by atoms with Crippen LogP contribution in [0.3, 0.4) is 0 Å². The molecule has 0 aromatic carbocycles. The Hall–Kier alpha value is 0.536. The largest absolute Gasteiger partial charge is 1.00 e. The summed E-state index contributed by atoms with van der Waals surface area (Å²) in [5.41, 5.74) is 0. The Labute approximate surface area is 98.8 Å². The summed E-state index contributed by atoms with van der Waals surface area (Å²) in [5, 5.41) is 16.2. The molecule has 0 aromatic heterocycles. The summed E-state index contributed by atoms with van der Waals surface area (Å²) in [4.78, 5) is 19.8. The number of carbonyl (C=O) groups is 2. The zero-order valence-corrected chi connectivity index (χ0v) is 8.40. The van der Waals surface area contributed by atoms with Gasteiger partial charge in [0.1, 0.15) is 0 Å². The molecule has 5 nitrogen and oxygen atoms in total. The van der Waals surface area contributed by atoms with E-state index in [2.05, 4.69) is 4.74 Å². The van der Waals surface area contributed by atoms with Crippen LogP contribution in [0, 0.1) is 0 Å². The first-order valence-electron chi connectivity index (χ1n) is 2.24. The maximum atomic E-state index is 9.89. The van der Waals surface area contributed by atoms with E-state index in [-0.39, 0.29) is 51.4 Å². The minimum Gasteiger partial charge on any atom is -0.479 e. The number of carboxylic acid groups (broad SMARTS) is 2. The van der Waals surface area contributed by atoms with Crippen molar-refractivity contribution in [2.75, 3.05) is 0 Å². The zero-order chi connectivity index (χ0) is 7.02. The minimum absolute atomic E-state index is 0. The van der Waals surface area contributed by atoms with E-state index < -0.39 is 24.1 Å². The Morgan fingerprint density at radius 2 is 1.40 bits per heavy atom. The predicted molar refractivity (Wildman–Crippen MR) is 23.9 cm³/mol. The monoisotopic (exact) mass is 171 g/mol. The van der Waals surface area contributed by atoms with Crippen LogP contribution < -0.4 is 51.4 Å². The van der Waals surface area contributed by atoms with Crippen molar-refractivity contribution in [3.63, 3.8) is 0 Å². The summed E-state index contributed by atoms with van der Waals surface area (Å²) in [7, 11) is 0. The normalized spacial score (nSPS) is 28.4. The Morgan fingerprint density at radius 3 is 1.50 bits per heavy atom. The van der Waals surface area contributed by atoms with E-state index in [4.69, 9.17) is 10.2 Å². The van der Waals surface area contributed by atoms with Crippen LogP contribution in [0.5, 0.6) is 0 Å². The van der Waals surface area contributed by atoms with Crippen LogP contribution in [-0.4, -0.2) is 34.4 Å². The second-order valence-electron chi connectivity index (χ2n) is 1.65. The van der Waals surface area contributed by atoms with E-state index in [9.17, 15) is 9.59 Å². The number of ether oxygens (including phenoxy) is 1. The molecule has 2 atom stereocenters. The second-order valence-corrected chi connectivity index (χ2v) is 1.65. The van der Waals surface area contributed by atoms with Gasteiger partial charge in [-0.05, 0) is 0 Å². The van der Waals surface area contributed by atoms with Gasteiger partial charge in [0.15, 0.2) is 12.2 Å². The molecule has 1 saturated heterocycles. The third-order valence-corrected chi connectivity index (χ3v) is 0.978. The first kappa shape index (κ1) is 10.5. The van der Waals surface area contributed by atoms with E-state index >= 15 is 0 Å². The number of rotatable bonds is 2. The summed E-state index contributed by atoms with van der Waals surface area (Å²) in [5.74, 6) is -2.44. The van der Waals surface area contributed by atoms with Crippen LogP contribution in [0.1, 0.15) is 0 Å². The van der Waals surface area contributed by atoms with Crippen molar-refractivity contribution in [3.05, 3.63) is 0 Å². The SMILES string of the molecule is O=C(O)C1OC1C(=O)O.[K+]. The second kappa shape index (κ2) is 3.79. The summed E-state index contributed by atoms with van der Waals surface area (Å²) in [6, 6.07) is 0. The van der Waals surface area contributed by atoms with E-state index in [1.807, 2.05) is 0 Å². The third kappa shape index (κ3) is 2.29. The first-order chi connectivity index (χ1) is 4.13. The summed E-state index contributed by atoms with van der Waals surface area (Å²) in [6.45, 7) is 0. The standard InChI is InChI=1S/C4H4O5.K/c5-3(6)1-2(9-1)4(7)8;/h1-2H,(H,5,6)(H,7,8);/q;+1. The minimum atomic E-state index is -1.22. The van der Waals surface area contributed by atoms with Crippen molar-refractivity contribution >= 4 is 11.9 Å². The third-order valence-electron chi connectivity index (χ3n) is 0.978. The number of hydrogen-bond acceptors (Lipinski definition) is 3. The fourth-order valence-electron chi connectivity index (χ4n) is 0.488. The molecule has 2 unspecified atom stereocenters. The van der Waals surface area contributed by atoms with Crippen LogP contribution in [0.2, 0.25) is 0 Å². The molecule has 50 valence electrons. The number of aliphatic carboxylic acids is 2. The van der Waals surface area contributed by atoms with Crippen LogP contribution in [-0.2, 0) is 14.3 Å². The van der Waals surface area contributed by atoms with Crippen LogP contribution in [0.4, 0.5) is 0 Å². The Balaban J connectivity index is 0.000000810. The molecule has 0 spiro atoms.